The molecule has 2 N–H and O–H groups in total. The van der Waals surface area contributed by atoms with Crippen LogP contribution in [-0.4, -0.2) is 42.5 Å². The van der Waals surface area contributed by atoms with Gasteiger partial charge in [-0.05, 0) is 25.5 Å². The molecule has 1 aromatic carbocycles. The summed E-state index contributed by atoms with van der Waals surface area (Å²) in [6.07, 6.45) is 0. The SMILES string of the molecule is CCN(CC)C(=O)N(C)Cc1ccccc1C#CCN. The van der Waals surface area contributed by atoms with Gasteiger partial charge in [0.25, 0.3) is 0 Å². The number of carbonyl (C=O) groups excluding carboxylic acids is 1. The average Bonchev–Trinajstić information content (AvgIpc) is 2.47. The maximum atomic E-state index is 12.2. The number of nitrogens with two attached hydrogens (primary N) is 1. The van der Waals surface area contributed by atoms with Gasteiger partial charge in [-0.1, -0.05) is 30.0 Å². The molecule has 0 saturated heterocycles. The molecule has 0 aromatic heterocycles. The lowest BCUT2D eigenvalue weighted by Gasteiger charge is -2.26. The Bertz CT molecular complexity index is 498. The van der Waals surface area contributed by atoms with E-state index in [1.807, 2.05) is 45.2 Å². The summed E-state index contributed by atoms with van der Waals surface area (Å²) in [7, 11) is 1.81. The van der Waals surface area contributed by atoms with Crippen molar-refractivity contribution in [2.75, 3.05) is 26.7 Å². The molecule has 0 bridgehead atoms. The standard InChI is InChI=1S/C16H23N3O/c1-4-19(5-2)16(20)18(3)13-15-10-7-6-9-14(15)11-8-12-17/h6-7,9-10H,4-5,12-13,17H2,1-3H3. The zero-order valence-electron chi connectivity index (χ0n) is 12.5. The minimum absolute atomic E-state index is 0.0385. The Labute approximate surface area is 121 Å². The third kappa shape index (κ3) is 4.29. The summed E-state index contributed by atoms with van der Waals surface area (Å²) in [4.78, 5) is 15.7. The van der Waals surface area contributed by atoms with Gasteiger partial charge in [-0.2, -0.15) is 0 Å². The van der Waals surface area contributed by atoms with Gasteiger partial charge in [0.2, 0.25) is 0 Å². The highest BCUT2D eigenvalue weighted by Crippen LogP contribution is 2.11. The minimum Gasteiger partial charge on any atom is -0.325 e. The van der Waals surface area contributed by atoms with Crippen LogP contribution in [0.4, 0.5) is 4.79 Å². The number of urea groups is 1. The van der Waals surface area contributed by atoms with E-state index in [0.29, 0.717) is 26.2 Å². The van der Waals surface area contributed by atoms with E-state index >= 15 is 0 Å². The topological polar surface area (TPSA) is 49.6 Å². The molecular weight excluding hydrogens is 250 g/mol. The molecule has 0 aliphatic heterocycles. The van der Waals surface area contributed by atoms with Crippen molar-refractivity contribution in [3.63, 3.8) is 0 Å². The third-order valence-corrected chi connectivity index (χ3v) is 3.11. The van der Waals surface area contributed by atoms with Gasteiger partial charge in [0.05, 0.1) is 6.54 Å². The second-order valence-corrected chi connectivity index (χ2v) is 4.47. The van der Waals surface area contributed by atoms with Crippen LogP contribution in [0.5, 0.6) is 0 Å². The summed E-state index contributed by atoms with van der Waals surface area (Å²) in [6, 6.07) is 7.88. The Morgan fingerprint density at radius 2 is 1.90 bits per heavy atom. The lowest BCUT2D eigenvalue weighted by molar-refractivity contribution is 0.165. The molecule has 108 valence electrons. The van der Waals surface area contributed by atoms with E-state index in [1.54, 1.807) is 9.80 Å². The molecule has 20 heavy (non-hydrogen) atoms. The maximum Gasteiger partial charge on any atom is 0.320 e. The highest BCUT2D eigenvalue weighted by molar-refractivity contribution is 5.74. The van der Waals surface area contributed by atoms with Crippen molar-refractivity contribution in [1.82, 2.24) is 9.80 Å². The zero-order valence-corrected chi connectivity index (χ0v) is 12.5. The van der Waals surface area contributed by atoms with Gasteiger partial charge in [-0.3, -0.25) is 0 Å². The fourth-order valence-electron chi connectivity index (χ4n) is 1.99. The van der Waals surface area contributed by atoms with Crippen molar-refractivity contribution in [3.8, 4) is 11.8 Å². The first-order valence-corrected chi connectivity index (χ1v) is 6.90. The molecule has 4 heteroatoms. The monoisotopic (exact) mass is 273 g/mol. The minimum atomic E-state index is 0.0385. The predicted octanol–water partition coefficient (Wildman–Crippen LogP) is 1.89. The van der Waals surface area contributed by atoms with E-state index in [1.165, 1.54) is 0 Å². The normalized spacial score (nSPS) is 9.60. The van der Waals surface area contributed by atoms with Crippen molar-refractivity contribution in [2.45, 2.75) is 20.4 Å². The van der Waals surface area contributed by atoms with Gasteiger partial charge < -0.3 is 15.5 Å². The number of nitrogens with zero attached hydrogens (tertiary/aromatic N) is 2. The number of benzene rings is 1. The van der Waals surface area contributed by atoms with Gasteiger partial charge in [0, 0.05) is 32.2 Å². The second-order valence-electron chi connectivity index (χ2n) is 4.47. The summed E-state index contributed by atoms with van der Waals surface area (Å²) in [5.41, 5.74) is 7.37. The Morgan fingerprint density at radius 1 is 1.25 bits per heavy atom. The first-order chi connectivity index (χ1) is 9.63. The smallest absolute Gasteiger partial charge is 0.320 e. The van der Waals surface area contributed by atoms with Crippen molar-refractivity contribution >= 4 is 6.03 Å². The number of hydrogen-bond acceptors (Lipinski definition) is 2. The fourth-order valence-corrected chi connectivity index (χ4v) is 1.99. The Hall–Kier alpha value is -1.99. The van der Waals surface area contributed by atoms with E-state index in [2.05, 4.69) is 11.8 Å². The number of hydrogen-bond donors (Lipinski definition) is 1. The Balaban J connectivity index is 2.85. The largest absolute Gasteiger partial charge is 0.325 e. The maximum absolute atomic E-state index is 12.2. The first kappa shape index (κ1) is 16.1. The number of rotatable bonds is 4. The summed E-state index contributed by atoms with van der Waals surface area (Å²) in [5, 5.41) is 0. The average molecular weight is 273 g/mol. The highest BCUT2D eigenvalue weighted by Gasteiger charge is 2.15. The van der Waals surface area contributed by atoms with Crippen LogP contribution < -0.4 is 5.73 Å². The van der Waals surface area contributed by atoms with E-state index in [-0.39, 0.29) is 6.03 Å². The molecule has 0 spiro atoms. The van der Waals surface area contributed by atoms with Gasteiger partial charge in [-0.15, -0.1) is 0 Å². The highest BCUT2D eigenvalue weighted by atomic mass is 16.2. The Morgan fingerprint density at radius 3 is 2.50 bits per heavy atom. The lowest BCUT2D eigenvalue weighted by atomic mass is 10.1. The van der Waals surface area contributed by atoms with Gasteiger partial charge in [-0.25, -0.2) is 4.79 Å². The van der Waals surface area contributed by atoms with Crippen LogP contribution in [-0.2, 0) is 6.54 Å². The van der Waals surface area contributed by atoms with Crippen LogP contribution in [0.1, 0.15) is 25.0 Å². The van der Waals surface area contributed by atoms with Crippen molar-refractivity contribution in [2.24, 2.45) is 5.73 Å². The molecule has 1 aromatic rings. The molecule has 1 rings (SSSR count). The van der Waals surface area contributed by atoms with Gasteiger partial charge >= 0.3 is 6.03 Å². The van der Waals surface area contributed by atoms with Crippen molar-refractivity contribution in [1.29, 1.82) is 0 Å². The summed E-state index contributed by atoms with van der Waals surface area (Å²) < 4.78 is 0. The van der Waals surface area contributed by atoms with Crippen LogP contribution in [0.3, 0.4) is 0 Å². The van der Waals surface area contributed by atoms with Crippen LogP contribution in [0.25, 0.3) is 0 Å². The molecule has 0 atom stereocenters. The molecule has 0 fully saturated rings. The first-order valence-electron chi connectivity index (χ1n) is 6.90. The number of carbonyl (C=O) groups is 1. The molecule has 0 heterocycles. The van der Waals surface area contributed by atoms with E-state index in [4.69, 9.17) is 5.73 Å². The molecule has 0 unspecified atom stereocenters. The predicted molar refractivity (Wildman–Crippen MR) is 82.2 cm³/mol. The van der Waals surface area contributed by atoms with Crippen LogP contribution >= 0.6 is 0 Å². The molecule has 2 amide bonds. The molecule has 0 aliphatic carbocycles. The summed E-state index contributed by atoms with van der Waals surface area (Å²) in [5.74, 6) is 5.90. The molecular formula is C16H23N3O. The number of amides is 2. The van der Waals surface area contributed by atoms with Crippen LogP contribution in [0.2, 0.25) is 0 Å². The zero-order chi connectivity index (χ0) is 15.0. The third-order valence-electron chi connectivity index (χ3n) is 3.11. The van der Waals surface area contributed by atoms with Crippen LogP contribution in [0.15, 0.2) is 24.3 Å². The van der Waals surface area contributed by atoms with E-state index < -0.39 is 0 Å². The van der Waals surface area contributed by atoms with Gasteiger partial charge in [0.1, 0.15) is 0 Å². The second kappa shape index (κ2) is 8.23. The lowest BCUT2D eigenvalue weighted by Crippen LogP contribution is -2.40. The fraction of sp³-hybridized carbons (Fsp3) is 0.438. The van der Waals surface area contributed by atoms with E-state index in [9.17, 15) is 4.79 Å². The molecule has 0 radical (unpaired) electrons. The Kier molecular flexibility index (Phi) is 6.61. The van der Waals surface area contributed by atoms with Crippen molar-refractivity contribution < 1.29 is 4.79 Å². The van der Waals surface area contributed by atoms with Crippen molar-refractivity contribution in [3.05, 3.63) is 35.4 Å². The molecule has 0 aliphatic rings. The molecule has 0 saturated carbocycles. The van der Waals surface area contributed by atoms with Crippen LogP contribution in [0, 0.1) is 11.8 Å². The quantitative estimate of drug-likeness (QED) is 0.852. The summed E-state index contributed by atoms with van der Waals surface area (Å²) >= 11 is 0. The molecule has 4 nitrogen and oxygen atoms in total. The summed E-state index contributed by atoms with van der Waals surface area (Å²) in [6.45, 7) is 6.28. The van der Waals surface area contributed by atoms with E-state index in [0.717, 1.165) is 11.1 Å². The van der Waals surface area contributed by atoms with Gasteiger partial charge in [0.15, 0.2) is 0 Å².